The van der Waals surface area contributed by atoms with Gasteiger partial charge in [-0.25, -0.2) is 0 Å². The third-order valence-electron chi connectivity index (χ3n) is 13.5. The molecule has 0 fully saturated rings. The number of aromatic nitrogens is 2. The van der Waals surface area contributed by atoms with Crippen LogP contribution in [0.15, 0.2) is 138 Å². The number of aryl methyl sites for hydroxylation is 2. The SMILES string of the molecule is C/C=C\C(=C/N)n1c2ccc(-c3cc(C)c(C)c(C)c3)cc2c2cc3c(cc21)-c1cc2c(cc1C(C)C3C)c1c(n2/C(C)=C/C=C\N)\C=C/C=C(C)\C(C)=C(C)/C=C/C=C/1. The van der Waals surface area contributed by atoms with Crippen LogP contribution in [0.25, 0.3) is 78.5 Å². The van der Waals surface area contributed by atoms with Crippen molar-refractivity contribution in [3.8, 4) is 22.3 Å². The zero-order valence-electron chi connectivity index (χ0n) is 36.9. The minimum absolute atomic E-state index is 0.294. The fourth-order valence-corrected chi connectivity index (χ4v) is 9.46. The van der Waals surface area contributed by atoms with E-state index in [0.717, 1.165) is 33.6 Å². The maximum Gasteiger partial charge on any atom is 0.0613 e. The summed E-state index contributed by atoms with van der Waals surface area (Å²) in [6.45, 7) is 22.2. The van der Waals surface area contributed by atoms with E-state index in [1.54, 1.807) is 12.4 Å². The number of fused-ring (bicyclic) bond motifs is 9. The summed E-state index contributed by atoms with van der Waals surface area (Å²) in [4.78, 5) is 0. The lowest BCUT2D eigenvalue weighted by Crippen LogP contribution is -2.13. The molecule has 2 heterocycles. The average molecular weight is 787 g/mol. The number of nitrogens with two attached hydrogens (primary N) is 2. The number of benzene rings is 4. The standard InChI is InChI=1S/C56H58N4/c1-11-16-44(32-58)60-54-23-22-42(43-25-35(4)39(8)36(5)26-43)27-50(54)52-29-47-41(10)40(9)46-28-51-45-20-13-12-17-33(2)38(7)34(3)18-14-21-53(45)59(37(6)19-15-24-57)55(51)30-48(46)49(47)31-56(52)60/h11-32,40-41H,57-58H2,1-10H3/b13-12?,16-11-,17-12+,18-14?,20-13+,21-14-,24-15-,33-17?,34-18-,37-19+,38-33-,38-34?,44-32+,45-20?,53-21?. The largest absolute Gasteiger partial charge is 0.405 e. The molecule has 0 saturated carbocycles. The Kier molecular flexibility index (Phi) is 10.7. The lowest BCUT2D eigenvalue weighted by Gasteiger charge is -2.32. The van der Waals surface area contributed by atoms with Gasteiger partial charge in [-0.2, -0.15) is 0 Å². The van der Waals surface area contributed by atoms with Crippen molar-refractivity contribution in [1.29, 1.82) is 0 Å². The molecule has 0 radical (unpaired) electrons. The number of hydrogen-bond donors (Lipinski definition) is 2. The molecule has 2 aliphatic rings. The second kappa shape index (κ2) is 15.9. The van der Waals surface area contributed by atoms with Crippen molar-refractivity contribution in [3.63, 3.8) is 0 Å². The van der Waals surface area contributed by atoms with E-state index in [-0.39, 0.29) is 0 Å². The molecule has 8 rings (SSSR count). The van der Waals surface area contributed by atoms with Crippen LogP contribution in [-0.4, -0.2) is 9.13 Å². The first kappa shape index (κ1) is 40.3. The summed E-state index contributed by atoms with van der Waals surface area (Å²) in [5, 5.41) is 3.70. The smallest absolute Gasteiger partial charge is 0.0613 e. The summed E-state index contributed by atoms with van der Waals surface area (Å²) in [7, 11) is 0. The maximum atomic E-state index is 6.45. The molecule has 2 aliphatic carbocycles. The van der Waals surface area contributed by atoms with E-state index < -0.39 is 0 Å². The van der Waals surface area contributed by atoms with Gasteiger partial charge in [0, 0.05) is 33.6 Å². The van der Waals surface area contributed by atoms with E-state index in [9.17, 15) is 0 Å². The number of nitrogens with zero attached hydrogens (tertiary/aromatic N) is 2. The summed E-state index contributed by atoms with van der Waals surface area (Å²) in [5.41, 5.74) is 35.7. The highest BCUT2D eigenvalue weighted by Gasteiger charge is 2.31. The normalized spacial score (nSPS) is 21.2. The van der Waals surface area contributed by atoms with E-state index in [0.29, 0.717) is 11.8 Å². The molecule has 4 heteroatoms. The highest BCUT2D eigenvalue weighted by Crippen LogP contribution is 2.51. The quantitative estimate of drug-likeness (QED) is 0.171. The van der Waals surface area contributed by atoms with Crippen molar-refractivity contribution in [3.05, 3.63) is 177 Å². The van der Waals surface area contributed by atoms with E-state index in [2.05, 4.69) is 187 Å². The van der Waals surface area contributed by atoms with Gasteiger partial charge in [-0.15, -0.1) is 0 Å². The molecule has 2 atom stereocenters. The molecule has 0 saturated heterocycles. The Labute approximate surface area is 356 Å². The van der Waals surface area contributed by atoms with E-state index >= 15 is 0 Å². The van der Waals surface area contributed by atoms with Crippen LogP contribution in [0.3, 0.4) is 0 Å². The topological polar surface area (TPSA) is 61.9 Å². The predicted molar refractivity (Wildman–Crippen MR) is 263 cm³/mol. The van der Waals surface area contributed by atoms with Crippen molar-refractivity contribution in [1.82, 2.24) is 9.13 Å². The number of rotatable bonds is 5. The van der Waals surface area contributed by atoms with Gasteiger partial charge < -0.3 is 20.6 Å². The van der Waals surface area contributed by atoms with Crippen LogP contribution < -0.4 is 11.5 Å². The molecule has 60 heavy (non-hydrogen) atoms. The summed E-state index contributed by atoms with van der Waals surface area (Å²) in [6, 6.07) is 21.4. The maximum absolute atomic E-state index is 6.45. The van der Waals surface area contributed by atoms with Gasteiger partial charge in [0.1, 0.15) is 0 Å². The molecule has 0 bridgehead atoms. The molecule has 4 N–H and O–H groups in total. The van der Waals surface area contributed by atoms with Crippen LogP contribution in [0.2, 0.25) is 0 Å². The Morgan fingerprint density at radius 1 is 0.667 bits per heavy atom. The monoisotopic (exact) mass is 786 g/mol. The lowest BCUT2D eigenvalue weighted by molar-refractivity contribution is 0.617. The third-order valence-corrected chi connectivity index (χ3v) is 13.5. The fraction of sp³-hybridized carbons (Fsp3) is 0.214. The summed E-state index contributed by atoms with van der Waals surface area (Å²) >= 11 is 0. The second-order valence-electron chi connectivity index (χ2n) is 16.9. The van der Waals surface area contributed by atoms with Gasteiger partial charge in [0.2, 0.25) is 0 Å². The average Bonchev–Trinajstić information content (AvgIpc) is 3.72. The van der Waals surface area contributed by atoms with Crippen molar-refractivity contribution < 1.29 is 0 Å². The summed E-state index contributed by atoms with van der Waals surface area (Å²) < 4.78 is 4.74. The molecule has 4 nitrogen and oxygen atoms in total. The number of allylic oxidation sites excluding steroid dienone is 14. The second-order valence-corrected chi connectivity index (χ2v) is 16.9. The Hall–Kier alpha value is -6.52. The van der Waals surface area contributed by atoms with Gasteiger partial charge in [-0.05, 0) is 201 Å². The van der Waals surface area contributed by atoms with Crippen LogP contribution in [0, 0.1) is 20.8 Å². The van der Waals surface area contributed by atoms with Crippen LogP contribution >= 0.6 is 0 Å². The minimum Gasteiger partial charge on any atom is -0.405 e. The molecule has 0 spiro atoms. The summed E-state index contributed by atoms with van der Waals surface area (Å²) in [6.07, 6.45) is 27.0. The van der Waals surface area contributed by atoms with Crippen molar-refractivity contribution in [2.24, 2.45) is 11.5 Å². The minimum atomic E-state index is 0.294. The first-order valence-corrected chi connectivity index (χ1v) is 21.3. The van der Waals surface area contributed by atoms with Crippen LogP contribution in [0.5, 0.6) is 0 Å². The highest BCUT2D eigenvalue weighted by molar-refractivity contribution is 6.13. The molecule has 4 aromatic carbocycles. The van der Waals surface area contributed by atoms with Crippen LogP contribution in [0.1, 0.15) is 99.4 Å². The lowest BCUT2D eigenvalue weighted by atomic mass is 9.72. The first-order chi connectivity index (χ1) is 28.9. The molecule has 6 aromatic rings. The zero-order valence-corrected chi connectivity index (χ0v) is 36.9. The van der Waals surface area contributed by atoms with E-state index in [1.807, 2.05) is 13.0 Å². The zero-order chi connectivity index (χ0) is 42.6. The Bertz CT molecular complexity index is 3020. The van der Waals surface area contributed by atoms with Gasteiger partial charge in [0.05, 0.1) is 27.9 Å². The molecular formula is C56H58N4. The predicted octanol–water partition coefficient (Wildman–Crippen LogP) is 14.8. The van der Waals surface area contributed by atoms with Gasteiger partial charge in [-0.3, -0.25) is 0 Å². The third kappa shape index (κ3) is 6.65. The van der Waals surface area contributed by atoms with Gasteiger partial charge in [-0.1, -0.05) is 74.6 Å². The molecule has 302 valence electrons. The molecule has 0 amide bonds. The fourth-order valence-electron chi connectivity index (χ4n) is 9.46. The van der Waals surface area contributed by atoms with E-state index in [1.165, 1.54) is 88.5 Å². The van der Waals surface area contributed by atoms with Crippen molar-refractivity contribution >= 4 is 56.3 Å². The Morgan fingerprint density at radius 3 is 1.95 bits per heavy atom. The van der Waals surface area contributed by atoms with Crippen molar-refractivity contribution in [2.45, 2.75) is 81.1 Å². The Morgan fingerprint density at radius 2 is 1.30 bits per heavy atom. The molecule has 2 aromatic heterocycles. The van der Waals surface area contributed by atoms with Gasteiger partial charge >= 0.3 is 0 Å². The summed E-state index contributed by atoms with van der Waals surface area (Å²) in [5.74, 6) is 0.587. The van der Waals surface area contributed by atoms with Crippen LogP contribution in [0.4, 0.5) is 0 Å². The highest BCUT2D eigenvalue weighted by atomic mass is 15.0. The molecular weight excluding hydrogens is 729 g/mol. The molecule has 2 unspecified atom stereocenters. The van der Waals surface area contributed by atoms with E-state index in [4.69, 9.17) is 11.5 Å². The van der Waals surface area contributed by atoms with Gasteiger partial charge in [0.15, 0.2) is 0 Å². The Balaban J connectivity index is 1.44. The van der Waals surface area contributed by atoms with Crippen molar-refractivity contribution in [2.75, 3.05) is 0 Å². The number of hydrogen-bond acceptors (Lipinski definition) is 2. The molecule has 0 aliphatic heterocycles. The van der Waals surface area contributed by atoms with Crippen LogP contribution in [-0.2, 0) is 0 Å². The van der Waals surface area contributed by atoms with Gasteiger partial charge in [0.25, 0.3) is 0 Å². The first-order valence-electron chi connectivity index (χ1n) is 21.3.